The molecule has 0 radical (unpaired) electrons. The molecule has 8 nitrogen and oxygen atoms in total. The summed E-state index contributed by atoms with van der Waals surface area (Å²) in [5, 5.41) is 4.75. The highest BCUT2D eigenvalue weighted by atomic mass is 19.4. The monoisotopic (exact) mass is 596 g/mol. The van der Waals surface area contributed by atoms with E-state index < -0.39 is 71.9 Å². The third-order valence-electron chi connectivity index (χ3n) is 6.79. The molecule has 0 saturated heterocycles. The molecule has 0 bridgehead atoms. The molecular formula is C29H33F5N4O4. The van der Waals surface area contributed by atoms with Crippen LogP contribution in [-0.4, -0.2) is 61.4 Å². The van der Waals surface area contributed by atoms with Crippen LogP contribution in [0.5, 0.6) is 0 Å². The molecule has 1 fully saturated rings. The molecule has 1 heterocycles. The lowest BCUT2D eigenvalue weighted by Gasteiger charge is -2.28. The zero-order valence-corrected chi connectivity index (χ0v) is 23.4. The number of nitrogens with one attached hydrogen (secondary N) is 2. The molecule has 228 valence electrons. The van der Waals surface area contributed by atoms with Crippen LogP contribution in [0.15, 0.2) is 42.5 Å². The zero-order valence-electron chi connectivity index (χ0n) is 23.4. The Bertz CT molecular complexity index is 1310. The van der Waals surface area contributed by atoms with Crippen LogP contribution >= 0.6 is 0 Å². The number of benzene rings is 2. The molecule has 2 N–H and O–H groups in total. The highest BCUT2D eigenvalue weighted by Crippen LogP contribution is 2.38. The quantitative estimate of drug-likeness (QED) is 0.431. The summed E-state index contributed by atoms with van der Waals surface area (Å²) in [6.45, 7) is 3.43. The lowest BCUT2D eigenvalue weighted by atomic mass is 10.0. The number of carbonyl (C=O) groups excluding carboxylic acids is 3. The third-order valence-corrected chi connectivity index (χ3v) is 6.79. The Morgan fingerprint density at radius 3 is 2.19 bits per heavy atom. The first-order chi connectivity index (χ1) is 19.6. The van der Waals surface area contributed by atoms with Gasteiger partial charge in [0.25, 0.3) is 5.91 Å². The number of amides is 3. The number of halogens is 5. The van der Waals surface area contributed by atoms with Gasteiger partial charge in [-0.05, 0) is 63.8 Å². The third kappa shape index (κ3) is 8.10. The minimum absolute atomic E-state index is 0.0501. The van der Waals surface area contributed by atoms with Gasteiger partial charge in [-0.25, -0.2) is 13.6 Å². The van der Waals surface area contributed by atoms with Gasteiger partial charge in [0.2, 0.25) is 5.91 Å². The molecule has 0 aromatic heterocycles. The Hall–Kier alpha value is -3.90. The predicted octanol–water partition coefficient (Wildman–Crippen LogP) is 4.71. The molecule has 4 rings (SSSR count). The van der Waals surface area contributed by atoms with Crippen LogP contribution in [-0.2, 0) is 20.7 Å². The first-order valence-corrected chi connectivity index (χ1v) is 13.6. The van der Waals surface area contributed by atoms with E-state index in [0.717, 1.165) is 31.0 Å². The molecule has 2 aromatic carbocycles. The van der Waals surface area contributed by atoms with E-state index in [1.807, 2.05) is 0 Å². The zero-order chi connectivity index (χ0) is 30.8. The second kappa shape index (κ2) is 12.1. The summed E-state index contributed by atoms with van der Waals surface area (Å²) in [4.78, 5) is 42.1. The van der Waals surface area contributed by atoms with E-state index in [1.165, 1.54) is 12.1 Å². The van der Waals surface area contributed by atoms with Gasteiger partial charge in [-0.3, -0.25) is 14.5 Å². The standard InChI is InChI=1S/C29H33F5N4O4/c1-28(2,3)42-27(41)36-21(13-18-19(30)7-6-8-20(18)31)25(39)35-22-15-37(14-17-11-12-17)23-9-4-5-10-24(23)38(26(22)40)16-29(32,33)34/h4-10,17,21-22H,11-16H2,1-3H3,(H,35,39)(H,36,41)/t21-,22-/m1/s1. The number of hydrogen-bond donors (Lipinski definition) is 2. The van der Waals surface area contributed by atoms with Crippen molar-refractivity contribution < 1.29 is 41.1 Å². The van der Waals surface area contributed by atoms with Gasteiger partial charge in [0.05, 0.1) is 11.4 Å². The maximum Gasteiger partial charge on any atom is 0.408 e. The second-order valence-corrected chi connectivity index (χ2v) is 11.5. The van der Waals surface area contributed by atoms with Gasteiger partial charge < -0.3 is 20.3 Å². The summed E-state index contributed by atoms with van der Waals surface area (Å²) < 4.78 is 75.2. The van der Waals surface area contributed by atoms with Crippen LogP contribution in [0.2, 0.25) is 0 Å². The Morgan fingerprint density at radius 2 is 1.62 bits per heavy atom. The normalized spacial score (nSPS) is 18.2. The average molecular weight is 597 g/mol. The molecular weight excluding hydrogens is 563 g/mol. The molecule has 0 unspecified atom stereocenters. The van der Waals surface area contributed by atoms with Crippen molar-refractivity contribution in [2.75, 3.05) is 29.4 Å². The van der Waals surface area contributed by atoms with Crippen molar-refractivity contribution >= 4 is 29.3 Å². The number of anilines is 2. The maximum absolute atomic E-state index is 14.5. The number of ether oxygens (including phenoxy) is 1. The number of hydrogen-bond acceptors (Lipinski definition) is 5. The SMILES string of the molecule is CC(C)(C)OC(=O)N[C@H](Cc1c(F)cccc1F)C(=O)N[C@@H]1CN(CC2CC2)c2ccccc2N(CC(F)(F)F)C1=O. The van der Waals surface area contributed by atoms with Crippen LogP contribution < -0.4 is 20.4 Å². The Morgan fingerprint density at radius 1 is 1.00 bits per heavy atom. The van der Waals surface area contributed by atoms with Gasteiger partial charge in [-0.15, -0.1) is 0 Å². The summed E-state index contributed by atoms with van der Waals surface area (Å²) in [5.41, 5.74) is -1.01. The number of para-hydroxylation sites is 2. The van der Waals surface area contributed by atoms with Crippen LogP contribution in [0.1, 0.15) is 39.2 Å². The van der Waals surface area contributed by atoms with E-state index in [-0.39, 0.29) is 18.2 Å². The number of carbonyl (C=O) groups is 3. The van der Waals surface area contributed by atoms with E-state index in [2.05, 4.69) is 10.6 Å². The van der Waals surface area contributed by atoms with E-state index in [9.17, 15) is 36.3 Å². The second-order valence-electron chi connectivity index (χ2n) is 11.5. The van der Waals surface area contributed by atoms with Gasteiger partial charge in [-0.1, -0.05) is 18.2 Å². The van der Waals surface area contributed by atoms with Crippen LogP contribution in [0, 0.1) is 17.6 Å². The molecule has 2 aromatic rings. The highest BCUT2D eigenvalue weighted by molar-refractivity contribution is 6.04. The van der Waals surface area contributed by atoms with Crippen LogP contribution in [0.3, 0.4) is 0 Å². The average Bonchev–Trinajstić information content (AvgIpc) is 3.70. The Labute approximate surface area is 240 Å². The van der Waals surface area contributed by atoms with Gasteiger partial charge in [0.15, 0.2) is 0 Å². The van der Waals surface area contributed by atoms with Crippen molar-refractivity contribution in [1.29, 1.82) is 0 Å². The minimum atomic E-state index is -4.74. The van der Waals surface area contributed by atoms with Crippen molar-refractivity contribution in [2.24, 2.45) is 5.92 Å². The lowest BCUT2D eigenvalue weighted by Crippen LogP contribution is -2.58. The fourth-order valence-electron chi connectivity index (χ4n) is 4.76. The lowest BCUT2D eigenvalue weighted by molar-refractivity contribution is -0.135. The van der Waals surface area contributed by atoms with Gasteiger partial charge >= 0.3 is 12.3 Å². The number of alkyl carbamates (subject to hydrolysis) is 1. The van der Waals surface area contributed by atoms with Gasteiger partial charge in [0, 0.05) is 25.1 Å². The Kier molecular flexibility index (Phi) is 8.98. The van der Waals surface area contributed by atoms with Crippen molar-refractivity contribution in [3.63, 3.8) is 0 Å². The predicted molar refractivity (Wildman–Crippen MR) is 145 cm³/mol. The van der Waals surface area contributed by atoms with Crippen molar-refractivity contribution in [2.45, 2.75) is 63.9 Å². The molecule has 0 spiro atoms. The van der Waals surface area contributed by atoms with Gasteiger partial charge in [0.1, 0.15) is 35.9 Å². The van der Waals surface area contributed by atoms with E-state index in [4.69, 9.17) is 4.74 Å². The Balaban J connectivity index is 1.66. The fraction of sp³-hybridized carbons (Fsp3) is 0.483. The molecule has 1 aliphatic carbocycles. The molecule has 42 heavy (non-hydrogen) atoms. The van der Waals surface area contributed by atoms with E-state index in [1.54, 1.807) is 37.8 Å². The van der Waals surface area contributed by atoms with Crippen LogP contribution in [0.25, 0.3) is 0 Å². The molecule has 1 saturated carbocycles. The summed E-state index contributed by atoms with van der Waals surface area (Å²) in [6, 6.07) is 6.21. The van der Waals surface area contributed by atoms with E-state index >= 15 is 0 Å². The highest BCUT2D eigenvalue weighted by Gasteiger charge is 2.42. The summed E-state index contributed by atoms with van der Waals surface area (Å²) in [7, 11) is 0. The first-order valence-electron chi connectivity index (χ1n) is 13.6. The molecule has 3 amide bonds. The van der Waals surface area contributed by atoms with Crippen LogP contribution in [0.4, 0.5) is 38.1 Å². The molecule has 2 aliphatic rings. The number of rotatable bonds is 8. The number of nitrogens with zero attached hydrogens (tertiary/aromatic N) is 2. The summed E-state index contributed by atoms with van der Waals surface area (Å²) >= 11 is 0. The first kappa shape index (κ1) is 31.0. The number of alkyl halides is 3. The van der Waals surface area contributed by atoms with Crippen molar-refractivity contribution in [3.05, 3.63) is 59.7 Å². The largest absolute Gasteiger partial charge is 0.444 e. The summed E-state index contributed by atoms with van der Waals surface area (Å²) in [6.07, 6.45) is -4.61. The molecule has 1 aliphatic heterocycles. The fourth-order valence-corrected chi connectivity index (χ4v) is 4.76. The van der Waals surface area contributed by atoms with E-state index in [0.29, 0.717) is 17.1 Å². The topological polar surface area (TPSA) is 91.0 Å². The van der Waals surface area contributed by atoms with Crippen molar-refractivity contribution in [3.8, 4) is 0 Å². The molecule has 13 heteroatoms. The van der Waals surface area contributed by atoms with Gasteiger partial charge in [-0.2, -0.15) is 13.2 Å². The minimum Gasteiger partial charge on any atom is -0.444 e. The smallest absolute Gasteiger partial charge is 0.408 e. The van der Waals surface area contributed by atoms with Crippen molar-refractivity contribution in [1.82, 2.24) is 10.6 Å². The number of fused-ring (bicyclic) bond motifs is 1. The maximum atomic E-state index is 14.5. The summed E-state index contributed by atoms with van der Waals surface area (Å²) in [5.74, 6) is -3.69. The molecule has 2 atom stereocenters.